The van der Waals surface area contributed by atoms with Gasteiger partial charge in [-0.05, 0) is 19.1 Å². The van der Waals surface area contributed by atoms with Gasteiger partial charge in [-0.15, -0.1) is 0 Å². The van der Waals surface area contributed by atoms with Crippen LogP contribution in [0.4, 0.5) is 5.82 Å². The number of para-hydroxylation sites is 2. The quantitative estimate of drug-likeness (QED) is 0.924. The van der Waals surface area contributed by atoms with Gasteiger partial charge < -0.3 is 10.2 Å². The highest BCUT2D eigenvalue weighted by molar-refractivity contribution is 5.82. The van der Waals surface area contributed by atoms with Gasteiger partial charge in [0.2, 0.25) is 5.91 Å². The van der Waals surface area contributed by atoms with Gasteiger partial charge in [0.1, 0.15) is 0 Å². The van der Waals surface area contributed by atoms with Crippen LogP contribution in [0.3, 0.4) is 0 Å². The van der Waals surface area contributed by atoms with E-state index >= 15 is 0 Å². The van der Waals surface area contributed by atoms with Crippen LogP contribution in [0, 0.1) is 12.3 Å². The maximum atomic E-state index is 12.0. The average molecular weight is 298 g/mol. The first-order valence-corrected chi connectivity index (χ1v) is 7.64. The number of anilines is 1. The molecule has 1 aliphatic rings. The van der Waals surface area contributed by atoms with Crippen LogP contribution < -0.4 is 10.2 Å². The summed E-state index contributed by atoms with van der Waals surface area (Å²) in [6.07, 6.45) is 0. The van der Waals surface area contributed by atoms with Crippen LogP contribution in [0.15, 0.2) is 24.3 Å². The lowest BCUT2D eigenvalue weighted by atomic mass is 9.94. The number of hydrogen-bond donors (Lipinski definition) is 1. The van der Waals surface area contributed by atoms with Crippen molar-refractivity contribution in [3.63, 3.8) is 0 Å². The monoisotopic (exact) mass is 298 g/mol. The van der Waals surface area contributed by atoms with Crippen molar-refractivity contribution in [2.45, 2.75) is 33.7 Å². The minimum atomic E-state index is -0.348. The van der Waals surface area contributed by atoms with Crippen molar-refractivity contribution < 1.29 is 4.79 Å². The van der Waals surface area contributed by atoms with E-state index < -0.39 is 0 Å². The molecule has 0 atom stereocenters. The highest BCUT2D eigenvalue weighted by Gasteiger charge is 2.33. The van der Waals surface area contributed by atoms with Crippen molar-refractivity contribution in [1.29, 1.82) is 0 Å². The number of amides is 1. The Hall–Kier alpha value is -2.17. The lowest BCUT2D eigenvalue weighted by Gasteiger charge is -2.41. The fraction of sp³-hybridized carbons (Fsp3) is 0.471. The van der Waals surface area contributed by atoms with E-state index in [4.69, 9.17) is 4.98 Å². The molecule has 116 valence electrons. The molecule has 22 heavy (non-hydrogen) atoms. The normalized spacial score (nSPS) is 15.7. The molecular weight excluding hydrogens is 276 g/mol. The summed E-state index contributed by atoms with van der Waals surface area (Å²) in [5.41, 5.74) is 2.41. The van der Waals surface area contributed by atoms with Crippen LogP contribution in [0.25, 0.3) is 11.0 Å². The molecular formula is C17H22N4O. The van der Waals surface area contributed by atoms with Gasteiger partial charge in [0.05, 0.1) is 22.8 Å². The summed E-state index contributed by atoms with van der Waals surface area (Å²) in [7, 11) is 0. The number of carbonyl (C=O) groups is 1. The summed E-state index contributed by atoms with van der Waals surface area (Å²) in [5.74, 6) is 1.01. The number of rotatable bonds is 2. The van der Waals surface area contributed by atoms with Crippen LogP contribution >= 0.6 is 0 Å². The van der Waals surface area contributed by atoms with Gasteiger partial charge in [-0.1, -0.05) is 32.9 Å². The molecule has 1 saturated heterocycles. The second-order valence-electron chi connectivity index (χ2n) is 6.95. The molecule has 1 amide bonds. The van der Waals surface area contributed by atoms with Crippen LogP contribution in [-0.2, 0) is 4.79 Å². The number of nitrogens with one attached hydrogen (secondary N) is 1. The molecule has 0 saturated carbocycles. The fourth-order valence-electron chi connectivity index (χ4n) is 2.52. The minimum absolute atomic E-state index is 0.0958. The van der Waals surface area contributed by atoms with Crippen molar-refractivity contribution in [3.8, 4) is 0 Å². The number of nitrogens with zero attached hydrogens (tertiary/aromatic N) is 3. The molecule has 1 aliphatic heterocycles. The number of carbonyl (C=O) groups excluding carboxylic acids is 1. The van der Waals surface area contributed by atoms with Gasteiger partial charge in [-0.3, -0.25) is 4.79 Å². The van der Waals surface area contributed by atoms with Crippen LogP contribution in [0.5, 0.6) is 0 Å². The summed E-state index contributed by atoms with van der Waals surface area (Å²) in [5, 5.41) is 3.08. The van der Waals surface area contributed by atoms with E-state index in [1.54, 1.807) is 0 Å². The second-order valence-corrected chi connectivity index (χ2v) is 6.95. The number of fused-ring (bicyclic) bond motifs is 1. The molecule has 1 N–H and O–H groups in total. The molecule has 0 bridgehead atoms. The van der Waals surface area contributed by atoms with E-state index in [9.17, 15) is 4.79 Å². The summed E-state index contributed by atoms with van der Waals surface area (Å²) >= 11 is 0. The molecule has 0 aliphatic carbocycles. The first-order chi connectivity index (χ1) is 10.3. The zero-order valence-corrected chi connectivity index (χ0v) is 13.6. The average Bonchev–Trinajstić information content (AvgIpc) is 2.40. The van der Waals surface area contributed by atoms with Gasteiger partial charge in [0, 0.05) is 18.5 Å². The SMILES string of the molecule is Cc1nc2ccccc2nc1N1CC(NC(=O)C(C)(C)C)C1. The summed E-state index contributed by atoms with van der Waals surface area (Å²) in [6.45, 7) is 9.34. The summed E-state index contributed by atoms with van der Waals surface area (Å²) < 4.78 is 0. The Balaban J connectivity index is 1.70. The molecule has 3 rings (SSSR count). The van der Waals surface area contributed by atoms with Crippen molar-refractivity contribution in [3.05, 3.63) is 30.0 Å². The Morgan fingerprint density at radius 2 is 1.77 bits per heavy atom. The molecule has 0 unspecified atom stereocenters. The predicted molar refractivity (Wildman–Crippen MR) is 87.9 cm³/mol. The summed E-state index contributed by atoms with van der Waals surface area (Å²) in [6, 6.07) is 8.08. The lowest BCUT2D eigenvalue weighted by Crippen LogP contribution is -2.61. The maximum absolute atomic E-state index is 12.0. The van der Waals surface area contributed by atoms with E-state index in [0.29, 0.717) is 0 Å². The number of aromatic nitrogens is 2. The van der Waals surface area contributed by atoms with Crippen LogP contribution in [0.2, 0.25) is 0 Å². The van der Waals surface area contributed by atoms with E-state index in [-0.39, 0.29) is 17.4 Å². The molecule has 5 nitrogen and oxygen atoms in total. The van der Waals surface area contributed by atoms with Crippen molar-refractivity contribution in [2.24, 2.45) is 5.41 Å². The highest BCUT2D eigenvalue weighted by atomic mass is 16.2. The van der Waals surface area contributed by atoms with E-state index in [1.807, 2.05) is 52.0 Å². The molecule has 2 aromatic rings. The molecule has 5 heteroatoms. The number of benzene rings is 1. The Labute approximate surface area is 130 Å². The third-order valence-electron chi connectivity index (χ3n) is 3.92. The van der Waals surface area contributed by atoms with Crippen LogP contribution in [0.1, 0.15) is 26.5 Å². The maximum Gasteiger partial charge on any atom is 0.225 e. The number of aryl methyl sites for hydroxylation is 1. The van der Waals surface area contributed by atoms with E-state index in [2.05, 4.69) is 15.2 Å². The molecule has 1 aromatic carbocycles. The first-order valence-electron chi connectivity index (χ1n) is 7.64. The Kier molecular flexibility index (Phi) is 3.51. The van der Waals surface area contributed by atoms with Gasteiger partial charge in [-0.2, -0.15) is 0 Å². The third kappa shape index (κ3) is 2.75. The van der Waals surface area contributed by atoms with Gasteiger partial charge in [0.15, 0.2) is 5.82 Å². The zero-order valence-electron chi connectivity index (χ0n) is 13.6. The summed E-state index contributed by atoms with van der Waals surface area (Å²) in [4.78, 5) is 23.5. The minimum Gasteiger partial charge on any atom is -0.351 e. The Bertz CT molecular complexity index is 714. The predicted octanol–water partition coefficient (Wildman–Crippen LogP) is 2.29. The lowest BCUT2D eigenvalue weighted by molar-refractivity contribution is -0.129. The van der Waals surface area contributed by atoms with Gasteiger partial charge in [0.25, 0.3) is 0 Å². The van der Waals surface area contributed by atoms with E-state index in [0.717, 1.165) is 35.6 Å². The molecule has 0 spiro atoms. The molecule has 2 heterocycles. The third-order valence-corrected chi connectivity index (χ3v) is 3.92. The van der Waals surface area contributed by atoms with Gasteiger partial charge in [-0.25, -0.2) is 9.97 Å². The first kappa shape index (κ1) is 14.8. The van der Waals surface area contributed by atoms with Crippen molar-refractivity contribution in [2.75, 3.05) is 18.0 Å². The smallest absolute Gasteiger partial charge is 0.225 e. The van der Waals surface area contributed by atoms with Crippen LogP contribution in [-0.4, -0.2) is 35.0 Å². The Morgan fingerprint density at radius 3 is 2.36 bits per heavy atom. The zero-order chi connectivity index (χ0) is 15.9. The topological polar surface area (TPSA) is 58.1 Å². The highest BCUT2D eigenvalue weighted by Crippen LogP contribution is 2.24. The second kappa shape index (κ2) is 5.23. The molecule has 1 fully saturated rings. The molecule has 0 radical (unpaired) electrons. The largest absolute Gasteiger partial charge is 0.351 e. The Morgan fingerprint density at radius 1 is 1.18 bits per heavy atom. The van der Waals surface area contributed by atoms with Crippen molar-refractivity contribution in [1.82, 2.24) is 15.3 Å². The fourth-order valence-corrected chi connectivity index (χ4v) is 2.52. The van der Waals surface area contributed by atoms with Gasteiger partial charge >= 0.3 is 0 Å². The number of hydrogen-bond acceptors (Lipinski definition) is 4. The standard InChI is InChI=1S/C17H22N4O/c1-11-15(20-14-8-6-5-7-13(14)18-11)21-9-12(10-21)19-16(22)17(2,3)4/h5-8,12H,9-10H2,1-4H3,(H,19,22). The van der Waals surface area contributed by atoms with Crippen molar-refractivity contribution >= 4 is 22.8 Å². The molecule has 1 aromatic heterocycles. The van der Waals surface area contributed by atoms with E-state index in [1.165, 1.54) is 0 Å².